The zero-order valence-electron chi connectivity index (χ0n) is 6.10. The minimum atomic E-state index is -4.87. The van der Waals surface area contributed by atoms with Crippen molar-refractivity contribution in [3.05, 3.63) is 28.5 Å². The van der Waals surface area contributed by atoms with Gasteiger partial charge in [0, 0.05) is 0 Å². The highest BCUT2D eigenvalue weighted by Crippen LogP contribution is 2.20. The molecule has 0 atom stereocenters. The molecule has 0 saturated heterocycles. The molecule has 2 nitrogen and oxygen atoms in total. The van der Waals surface area contributed by atoms with Gasteiger partial charge in [-0.3, -0.25) is 4.79 Å². The fourth-order valence-electron chi connectivity index (χ4n) is 0.680. The van der Waals surface area contributed by atoms with Crippen LogP contribution in [0, 0.1) is 0 Å². The maximum atomic E-state index is 11.9. The summed E-state index contributed by atoms with van der Waals surface area (Å²) in [5.41, 5.74) is -0.609. The lowest BCUT2D eigenvalue weighted by atomic mass is 10.2. The van der Waals surface area contributed by atoms with Gasteiger partial charge in [-0.1, -0.05) is 6.07 Å². The van der Waals surface area contributed by atoms with E-state index in [1.807, 2.05) is 0 Å². The molecule has 0 amide bonds. The number of carbonyl (C=O) groups is 1. The first-order valence-corrected chi connectivity index (χ1v) is 3.94. The summed E-state index contributed by atoms with van der Waals surface area (Å²) in [7, 11) is 0. The van der Waals surface area contributed by atoms with Gasteiger partial charge in [0.1, 0.15) is 10.3 Å². The van der Waals surface area contributed by atoms with Gasteiger partial charge in [-0.25, -0.2) is 4.98 Å². The number of rotatable bonds is 1. The second kappa shape index (κ2) is 3.45. The van der Waals surface area contributed by atoms with E-state index in [1.54, 1.807) is 0 Å². The predicted molar refractivity (Wildman–Crippen MR) is 42.3 cm³/mol. The van der Waals surface area contributed by atoms with Crippen molar-refractivity contribution in [2.45, 2.75) is 6.18 Å². The van der Waals surface area contributed by atoms with Crippen LogP contribution in [0.2, 0.25) is 0 Å². The molecule has 0 aliphatic carbocycles. The van der Waals surface area contributed by atoms with Crippen molar-refractivity contribution in [2.75, 3.05) is 0 Å². The summed E-state index contributed by atoms with van der Waals surface area (Å²) >= 11 is 2.87. The van der Waals surface area contributed by atoms with Crippen molar-refractivity contribution in [1.82, 2.24) is 4.98 Å². The van der Waals surface area contributed by atoms with E-state index in [9.17, 15) is 18.0 Å². The summed E-state index contributed by atoms with van der Waals surface area (Å²) in [5, 5.41) is 0. The quantitative estimate of drug-likeness (QED) is 0.569. The van der Waals surface area contributed by atoms with Crippen LogP contribution in [0.5, 0.6) is 0 Å². The summed E-state index contributed by atoms with van der Waals surface area (Å²) in [4.78, 5) is 14.0. The van der Waals surface area contributed by atoms with E-state index in [0.717, 1.165) is 6.07 Å². The van der Waals surface area contributed by atoms with E-state index in [4.69, 9.17) is 0 Å². The number of hydrogen-bond donors (Lipinski definition) is 0. The minimum absolute atomic E-state index is 0.197. The molecule has 0 fully saturated rings. The maximum Gasteiger partial charge on any atom is 0.456 e. The van der Waals surface area contributed by atoms with Crippen LogP contribution in [0.4, 0.5) is 13.2 Å². The molecule has 1 rings (SSSR count). The molecule has 1 heterocycles. The molecule has 1 aromatic rings. The Balaban J connectivity index is 3.03. The van der Waals surface area contributed by atoms with E-state index >= 15 is 0 Å². The molecule has 0 spiro atoms. The first-order valence-electron chi connectivity index (χ1n) is 3.15. The molecular formula is C7H3BrF3NO. The number of carbonyl (C=O) groups excluding carboxylic acids is 1. The smallest absolute Gasteiger partial charge is 0.282 e. The van der Waals surface area contributed by atoms with Crippen LogP contribution in [0.3, 0.4) is 0 Å². The molecule has 0 bridgehead atoms. The molecule has 1 aromatic heterocycles. The van der Waals surface area contributed by atoms with Crippen LogP contribution in [0.15, 0.2) is 22.8 Å². The van der Waals surface area contributed by atoms with Crippen LogP contribution >= 0.6 is 15.9 Å². The SMILES string of the molecule is O=C(c1cccc(Br)n1)C(F)(F)F. The van der Waals surface area contributed by atoms with Crippen LogP contribution < -0.4 is 0 Å². The average molecular weight is 254 g/mol. The van der Waals surface area contributed by atoms with E-state index in [0.29, 0.717) is 0 Å². The number of aromatic nitrogens is 1. The Bertz CT molecular complexity index is 337. The Labute approximate surface area is 79.9 Å². The van der Waals surface area contributed by atoms with Crippen LogP contribution in [-0.2, 0) is 0 Å². The highest BCUT2D eigenvalue weighted by atomic mass is 79.9. The van der Waals surface area contributed by atoms with Crippen molar-refractivity contribution in [2.24, 2.45) is 0 Å². The normalized spacial score (nSPS) is 11.4. The van der Waals surface area contributed by atoms with Gasteiger partial charge in [0.15, 0.2) is 0 Å². The number of halogens is 4. The van der Waals surface area contributed by atoms with E-state index in [1.165, 1.54) is 12.1 Å². The van der Waals surface area contributed by atoms with Crippen molar-refractivity contribution in [3.63, 3.8) is 0 Å². The van der Waals surface area contributed by atoms with Gasteiger partial charge in [0.25, 0.3) is 5.78 Å². The van der Waals surface area contributed by atoms with Gasteiger partial charge in [-0.15, -0.1) is 0 Å². The zero-order chi connectivity index (χ0) is 10.1. The van der Waals surface area contributed by atoms with Crippen molar-refractivity contribution in [1.29, 1.82) is 0 Å². The van der Waals surface area contributed by atoms with Gasteiger partial charge in [-0.2, -0.15) is 13.2 Å². The van der Waals surface area contributed by atoms with Gasteiger partial charge < -0.3 is 0 Å². The maximum absolute atomic E-state index is 11.9. The largest absolute Gasteiger partial charge is 0.456 e. The first kappa shape index (κ1) is 10.2. The van der Waals surface area contributed by atoms with Crippen LogP contribution in [-0.4, -0.2) is 16.9 Å². The Morgan fingerprint density at radius 3 is 2.46 bits per heavy atom. The number of ketones is 1. The summed E-state index contributed by atoms with van der Waals surface area (Å²) in [6.07, 6.45) is -4.87. The van der Waals surface area contributed by atoms with Gasteiger partial charge in [0.2, 0.25) is 0 Å². The van der Waals surface area contributed by atoms with Crippen molar-refractivity contribution < 1.29 is 18.0 Å². The first-order chi connectivity index (χ1) is 5.91. The molecule has 13 heavy (non-hydrogen) atoms. The molecule has 0 unspecified atom stereocenters. The number of nitrogens with zero attached hydrogens (tertiary/aromatic N) is 1. The monoisotopic (exact) mass is 253 g/mol. The Hall–Kier alpha value is -0.910. The Morgan fingerprint density at radius 1 is 1.38 bits per heavy atom. The molecule has 0 aliphatic heterocycles. The van der Waals surface area contributed by atoms with E-state index in [-0.39, 0.29) is 4.60 Å². The topological polar surface area (TPSA) is 30.0 Å². The molecule has 70 valence electrons. The number of alkyl halides is 3. The number of Topliss-reactive ketones (excluding diaryl/α,β-unsaturated/α-hetero) is 1. The third-order valence-corrected chi connectivity index (χ3v) is 1.65. The van der Waals surface area contributed by atoms with Gasteiger partial charge in [-0.05, 0) is 28.1 Å². The van der Waals surface area contributed by atoms with Crippen LogP contribution in [0.1, 0.15) is 10.5 Å². The average Bonchev–Trinajstić information content (AvgIpc) is 2.01. The fraction of sp³-hybridized carbons (Fsp3) is 0.143. The summed E-state index contributed by atoms with van der Waals surface area (Å²) < 4.78 is 35.8. The van der Waals surface area contributed by atoms with Crippen molar-refractivity contribution >= 4 is 21.7 Å². The fourth-order valence-corrected chi connectivity index (χ4v) is 1.02. The lowest BCUT2D eigenvalue weighted by Crippen LogP contribution is -2.23. The second-order valence-corrected chi connectivity index (χ2v) is 2.98. The molecule has 6 heteroatoms. The number of hydrogen-bond acceptors (Lipinski definition) is 2. The Morgan fingerprint density at radius 2 is 2.00 bits per heavy atom. The molecule has 0 radical (unpaired) electrons. The third-order valence-electron chi connectivity index (χ3n) is 1.21. The van der Waals surface area contributed by atoms with E-state index in [2.05, 4.69) is 20.9 Å². The molecule has 0 aromatic carbocycles. The van der Waals surface area contributed by atoms with Crippen molar-refractivity contribution in [3.8, 4) is 0 Å². The van der Waals surface area contributed by atoms with Gasteiger partial charge >= 0.3 is 6.18 Å². The second-order valence-electron chi connectivity index (χ2n) is 2.17. The molecule has 0 aliphatic rings. The van der Waals surface area contributed by atoms with E-state index < -0.39 is 17.7 Å². The predicted octanol–water partition coefficient (Wildman–Crippen LogP) is 2.59. The zero-order valence-corrected chi connectivity index (χ0v) is 7.69. The minimum Gasteiger partial charge on any atom is -0.282 e. The highest BCUT2D eigenvalue weighted by Gasteiger charge is 2.40. The molecule has 0 N–H and O–H groups in total. The summed E-state index contributed by atoms with van der Waals surface area (Å²) in [5.74, 6) is -1.94. The lowest BCUT2D eigenvalue weighted by molar-refractivity contribution is -0.0888. The van der Waals surface area contributed by atoms with Crippen LogP contribution in [0.25, 0.3) is 0 Å². The lowest BCUT2D eigenvalue weighted by Gasteiger charge is -2.03. The number of pyridine rings is 1. The summed E-state index contributed by atoms with van der Waals surface area (Å²) in [6, 6.07) is 3.77. The standard InChI is InChI=1S/C7H3BrF3NO/c8-5-3-1-2-4(12-5)6(13)7(9,10)11/h1-3H. The molecule has 0 saturated carbocycles. The Kier molecular flexibility index (Phi) is 2.70. The third kappa shape index (κ3) is 2.51. The summed E-state index contributed by atoms with van der Waals surface area (Å²) in [6.45, 7) is 0. The molecular weight excluding hydrogens is 251 g/mol. The van der Waals surface area contributed by atoms with Gasteiger partial charge in [0.05, 0.1) is 0 Å². The highest BCUT2D eigenvalue weighted by molar-refractivity contribution is 9.10.